The van der Waals surface area contributed by atoms with Crippen LogP contribution in [0.5, 0.6) is 0 Å². The van der Waals surface area contributed by atoms with Gasteiger partial charge >= 0.3 is 0 Å². The van der Waals surface area contributed by atoms with E-state index in [9.17, 15) is 26.0 Å². The summed E-state index contributed by atoms with van der Waals surface area (Å²) in [6, 6.07) is 10.5. The molecule has 0 unspecified atom stereocenters. The Hall–Kier alpha value is -2.46. The number of carbonyl (C=O) groups excluding carboxylic acids is 1. The Balaban J connectivity index is 2.18. The fourth-order valence-electron chi connectivity index (χ4n) is 2.75. The number of nitrogens with one attached hydrogen (secondary N) is 1. The number of benzene rings is 2. The molecule has 0 saturated carbocycles. The van der Waals surface area contributed by atoms with E-state index >= 15 is 0 Å². The number of halogens is 1. The summed E-state index contributed by atoms with van der Waals surface area (Å²) in [6.07, 6.45) is 2.58. The molecular formula is C19H23FN2O5S2. The quantitative estimate of drug-likeness (QED) is 0.676. The molecule has 0 bridgehead atoms. The average Bonchev–Trinajstić information content (AvgIpc) is 2.63. The molecule has 1 atom stereocenters. The van der Waals surface area contributed by atoms with Gasteiger partial charge in [0.15, 0.2) is 9.84 Å². The molecule has 1 amide bonds. The number of hydrogen-bond donors (Lipinski definition) is 1. The zero-order valence-electron chi connectivity index (χ0n) is 16.3. The third-order valence-corrected chi connectivity index (χ3v) is 6.53. The van der Waals surface area contributed by atoms with Crippen molar-refractivity contribution in [2.45, 2.75) is 24.3 Å². The maximum atomic E-state index is 13.1. The van der Waals surface area contributed by atoms with Gasteiger partial charge in [-0.1, -0.05) is 19.1 Å². The monoisotopic (exact) mass is 442 g/mol. The molecule has 0 aliphatic carbocycles. The first-order valence-electron chi connectivity index (χ1n) is 8.74. The Bertz CT molecular complexity index is 1070. The van der Waals surface area contributed by atoms with Gasteiger partial charge in [0.2, 0.25) is 15.9 Å². The first-order valence-corrected chi connectivity index (χ1v) is 12.5. The minimum Gasteiger partial charge on any atom is -0.348 e. The normalized spacial score (nSPS) is 13.0. The Morgan fingerprint density at radius 3 is 2.00 bits per heavy atom. The largest absolute Gasteiger partial charge is 0.348 e. The molecule has 0 aliphatic rings. The van der Waals surface area contributed by atoms with Crippen molar-refractivity contribution in [3.8, 4) is 0 Å². The van der Waals surface area contributed by atoms with Gasteiger partial charge in [-0.05, 0) is 48.4 Å². The lowest BCUT2D eigenvalue weighted by molar-refractivity contribution is -0.120. The topological polar surface area (TPSA) is 101 Å². The highest BCUT2D eigenvalue weighted by Crippen LogP contribution is 2.21. The third kappa shape index (κ3) is 6.26. The molecule has 0 radical (unpaired) electrons. The number of sulfonamides is 1. The van der Waals surface area contributed by atoms with Crippen LogP contribution in [0.4, 0.5) is 10.1 Å². The highest BCUT2D eigenvalue weighted by Gasteiger charge is 2.22. The summed E-state index contributed by atoms with van der Waals surface area (Å²) in [5.41, 5.74) is 0.871. The zero-order valence-corrected chi connectivity index (χ0v) is 17.9. The number of hydrogen-bond acceptors (Lipinski definition) is 5. The Labute approximate surface area is 170 Å². The molecule has 29 heavy (non-hydrogen) atoms. The number of amides is 1. The predicted octanol–water partition coefficient (Wildman–Crippen LogP) is 2.26. The second-order valence-corrected chi connectivity index (χ2v) is 10.5. The first kappa shape index (κ1) is 22.8. The fraction of sp³-hybridized carbons (Fsp3) is 0.316. The smallest absolute Gasteiger partial charge is 0.241 e. The van der Waals surface area contributed by atoms with Gasteiger partial charge in [0.1, 0.15) is 12.4 Å². The van der Waals surface area contributed by atoms with E-state index in [1.165, 1.54) is 24.3 Å². The van der Waals surface area contributed by atoms with E-state index in [1.807, 2.05) is 6.92 Å². The number of carbonyl (C=O) groups is 1. The summed E-state index contributed by atoms with van der Waals surface area (Å²) in [4.78, 5) is 12.7. The molecule has 7 nitrogen and oxygen atoms in total. The Morgan fingerprint density at radius 1 is 1.00 bits per heavy atom. The summed E-state index contributed by atoms with van der Waals surface area (Å²) in [5, 5.41) is 2.76. The SMILES string of the molecule is CC[C@@H](NC(=O)CN(c1ccc(F)cc1)S(C)(=O)=O)c1ccc(S(C)(=O)=O)cc1. The van der Waals surface area contributed by atoms with Gasteiger partial charge in [-0.25, -0.2) is 21.2 Å². The molecule has 0 heterocycles. The zero-order chi connectivity index (χ0) is 21.8. The van der Waals surface area contributed by atoms with Crippen LogP contribution in [0.3, 0.4) is 0 Å². The van der Waals surface area contributed by atoms with Crippen LogP contribution in [0.15, 0.2) is 53.4 Å². The maximum Gasteiger partial charge on any atom is 0.241 e. The van der Waals surface area contributed by atoms with Crippen LogP contribution in [0, 0.1) is 5.82 Å². The summed E-state index contributed by atoms with van der Waals surface area (Å²) >= 11 is 0. The average molecular weight is 443 g/mol. The van der Waals surface area contributed by atoms with Crippen molar-refractivity contribution in [2.75, 3.05) is 23.4 Å². The number of nitrogens with zero attached hydrogens (tertiary/aromatic N) is 1. The second kappa shape index (κ2) is 8.91. The van der Waals surface area contributed by atoms with E-state index in [0.717, 1.165) is 28.9 Å². The number of anilines is 1. The van der Waals surface area contributed by atoms with Gasteiger partial charge in [0.05, 0.1) is 22.9 Å². The number of sulfone groups is 1. The molecule has 0 fully saturated rings. The van der Waals surface area contributed by atoms with E-state index < -0.39 is 44.2 Å². The van der Waals surface area contributed by atoms with Gasteiger partial charge < -0.3 is 5.32 Å². The van der Waals surface area contributed by atoms with Crippen molar-refractivity contribution in [1.29, 1.82) is 0 Å². The summed E-state index contributed by atoms with van der Waals surface area (Å²) in [7, 11) is -7.10. The van der Waals surface area contributed by atoms with Crippen molar-refractivity contribution >= 4 is 31.5 Å². The van der Waals surface area contributed by atoms with E-state index in [2.05, 4.69) is 5.32 Å². The molecule has 0 saturated heterocycles. The van der Waals surface area contributed by atoms with Crippen molar-refractivity contribution in [3.63, 3.8) is 0 Å². The molecule has 0 spiro atoms. The van der Waals surface area contributed by atoms with Gasteiger partial charge in [-0.3, -0.25) is 9.10 Å². The molecule has 2 aromatic carbocycles. The van der Waals surface area contributed by atoms with Crippen LogP contribution >= 0.6 is 0 Å². The van der Waals surface area contributed by atoms with Crippen LogP contribution < -0.4 is 9.62 Å². The molecule has 0 aliphatic heterocycles. The first-order chi connectivity index (χ1) is 13.4. The second-order valence-electron chi connectivity index (χ2n) is 6.62. The molecule has 0 aromatic heterocycles. The third-order valence-electron chi connectivity index (χ3n) is 4.26. The lowest BCUT2D eigenvalue weighted by Gasteiger charge is -2.24. The lowest BCUT2D eigenvalue weighted by Crippen LogP contribution is -2.41. The van der Waals surface area contributed by atoms with Crippen molar-refractivity contribution < 1.29 is 26.0 Å². The predicted molar refractivity (Wildman–Crippen MR) is 109 cm³/mol. The molecule has 1 N–H and O–H groups in total. The maximum absolute atomic E-state index is 13.1. The minimum atomic E-state index is -3.77. The molecule has 2 rings (SSSR count). The van der Waals surface area contributed by atoms with Crippen LogP contribution in [-0.2, 0) is 24.7 Å². The van der Waals surface area contributed by atoms with Gasteiger partial charge in [-0.15, -0.1) is 0 Å². The summed E-state index contributed by atoms with van der Waals surface area (Å²) in [5.74, 6) is -1.06. The highest BCUT2D eigenvalue weighted by molar-refractivity contribution is 7.92. The Kier molecular flexibility index (Phi) is 7.02. The van der Waals surface area contributed by atoms with E-state index in [-0.39, 0.29) is 10.6 Å². The highest BCUT2D eigenvalue weighted by atomic mass is 32.2. The van der Waals surface area contributed by atoms with E-state index in [0.29, 0.717) is 12.0 Å². The van der Waals surface area contributed by atoms with E-state index in [1.54, 1.807) is 12.1 Å². The minimum absolute atomic E-state index is 0.169. The molecule has 158 valence electrons. The standard InChI is InChI=1S/C19H23FN2O5S2/c1-4-18(14-5-11-17(12-6-14)28(2,24)25)21-19(23)13-22(29(3,26)27)16-9-7-15(20)8-10-16/h5-12,18H,4,13H2,1-3H3,(H,21,23)/t18-/m1/s1. The van der Waals surface area contributed by atoms with Crippen LogP contribution in [0.2, 0.25) is 0 Å². The molecule has 2 aromatic rings. The van der Waals surface area contributed by atoms with Crippen molar-refractivity contribution in [1.82, 2.24) is 5.32 Å². The number of rotatable bonds is 8. The van der Waals surface area contributed by atoms with Crippen LogP contribution in [-0.4, -0.2) is 41.8 Å². The van der Waals surface area contributed by atoms with Gasteiger partial charge in [0, 0.05) is 6.26 Å². The molecule has 10 heteroatoms. The van der Waals surface area contributed by atoms with E-state index in [4.69, 9.17) is 0 Å². The van der Waals surface area contributed by atoms with Crippen molar-refractivity contribution in [2.24, 2.45) is 0 Å². The lowest BCUT2D eigenvalue weighted by atomic mass is 10.0. The van der Waals surface area contributed by atoms with Crippen LogP contribution in [0.25, 0.3) is 0 Å². The molecular weight excluding hydrogens is 419 g/mol. The summed E-state index contributed by atoms with van der Waals surface area (Å²) in [6.45, 7) is 1.37. The Morgan fingerprint density at radius 2 is 1.55 bits per heavy atom. The van der Waals surface area contributed by atoms with Gasteiger partial charge in [-0.2, -0.15) is 0 Å². The summed E-state index contributed by atoms with van der Waals surface area (Å²) < 4.78 is 61.4. The van der Waals surface area contributed by atoms with Crippen molar-refractivity contribution in [3.05, 3.63) is 59.9 Å². The van der Waals surface area contributed by atoms with Gasteiger partial charge in [0.25, 0.3) is 0 Å². The fourth-order valence-corrected chi connectivity index (χ4v) is 4.23. The van der Waals surface area contributed by atoms with Crippen LogP contribution in [0.1, 0.15) is 24.9 Å².